The summed E-state index contributed by atoms with van der Waals surface area (Å²) in [5.74, 6) is -2.71. The van der Waals surface area contributed by atoms with Crippen molar-refractivity contribution in [1.82, 2.24) is 31.0 Å². The van der Waals surface area contributed by atoms with Crippen LogP contribution >= 0.6 is 0 Å². The summed E-state index contributed by atoms with van der Waals surface area (Å²) in [7, 11) is 0. The molecule has 39 heavy (non-hydrogen) atoms. The van der Waals surface area contributed by atoms with E-state index in [2.05, 4.69) is 20.7 Å². The number of piperazine rings is 1. The van der Waals surface area contributed by atoms with E-state index in [4.69, 9.17) is 10.00 Å². The summed E-state index contributed by atoms with van der Waals surface area (Å²) < 4.78 is 46.5. The van der Waals surface area contributed by atoms with Gasteiger partial charge in [-0.2, -0.15) is 18.4 Å². The van der Waals surface area contributed by atoms with Crippen LogP contribution in [0.3, 0.4) is 0 Å². The quantitative estimate of drug-likeness (QED) is 0.392. The summed E-state index contributed by atoms with van der Waals surface area (Å²) in [6.45, 7) is 2.18. The predicted molar refractivity (Wildman–Crippen MR) is 133 cm³/mol. The fraction of sp³-hybridized carbons (Fsp3) is 0.480. The maximum atomic E-state index is 13.6. The molecule has 208 valence electrons. The summed E-state index contributed by atoms with van der Waals surface area (Å²) in [6, 6.07) is 6.96. The van der Waals surface area contributed by atoms with Crippen molar-refractivity contribution in [2.75, 3.05) is 50.8 Å². The molecular weight excluding hydrogens is 517 g/mol. The number of hydrogen-bond acceptors (Lipinski definition) is 9. The van der Waals surface area contributed by atoms with Crippen LogP contribution in [0.5, 0.6) is 0 Å². The van der Waals surface area contributed by atoms with Crippen LogP contribution in [-0.2, 0) is 14.3 Å². The lowest BCUT2D eigenvalue weighted by Crippen LogP contribution is -2.64. The number of carbonyl (C=O) groups excluding carboxylic acids is 2. The normalized spacial score (nSPS) is 20.7. The summed E-state index contributed by atoms with van der Waals surface area (Å²) in [5.41, 5.74) is 5.67. The van der Waals surface area contributed by atoms with Crippen molar-refractivity contribution in [1.29, 1.82) is 5.26 Å². The third-order valence-corrected chi connectivity index (χ3v) is 6.67. The number of nitrogens with one attached hydrogen (secondary N) is 3. The summed E-state index contributed by atoms with van der Waals surface area (Å²) in [5, 5.41) is 11.8. The molecule has 3 N–H and O–H groups in total. The van der Waals surface area contributed by atoms with Gasteiger partial charge in [-0.25, -0.2) is 10.4 Å². The van der Waals surface area contributed by atoms with Gasteiger partial charge in [-0.05, 0) is 29.8 Å². The molecule has 2 unspecified atom stereocenters. The Labute approximate surface area is 223 Å². The molecule has 3 atom stereocenters. The first-order valence-corrected chi connectivity index (χ1v) is 12.5. The van der Waals surface area contributed by atoms with Gasteiger partial charge in [0.05, 0.1) is 31.2 Å². The number of nitriles is 1. The lowest BCUT2D eigenvalue weighted by molar-refractivity contribution is -0.193. The molecule has 0 saturated carbocycles. The molecule has 4 rings (SSSR count). The molecule has 2 saturated heterocycles. The van der Waals surface area contributed by atoms with E-state index in [-0.39, 0.29) is 32.1 Å². The number of halogens is 3. The van der Waals surface area contributed by atoms with E-state index < -0.39 is 30.1 Å². The smallest absolute Gasteiger partial charge is 0.379 e. The molecule has 0 radical (unpaired) electrons. The van der Waals surface area contributed by atoms with Gasteiger partial charge in [0.2, 0.25) is 11.8 Å². The third kappa shape index (κ3) is 7.41. The SMILES string of the molecule is N#Cc1ccc(N2CCN(C(=O)CCOC[C@@H](NC3CNNC(=O)C3C(F)(F)F)c3ccncc3)CC2)nc1. The molecule has 14 heteroatoms. The molecule has 0 bridgehead atoms. The first kappa shape index (κ1) is 28.2. The van der Waals surface area contributed by atoms with Crippen LogP contribution in [-0.4, -0.2) is 84.8 Å². The number of amides is 2. The highest BCUT2D eigenvalue weighted by molar-refractivity contribution is 5.80. The van der Waals surface area contributed by atoms with E-state index in [0.717, 1.165) is 5.82 Å². The van der Waals surface area contributed by atoms with Crippen LogP contribution < -0.4 is 21.1 Å². The van der Waals surface area contributed by atoms with Gasteiger partial charge in [-0.3, -0.25) is 20.0 Å². The van der Waals surface area contributed by atoms with Gasteiger partial charge in [-0.1, -0.05) is 0 Å². The third-order valence-electron chi connectivity index (χ3n) is 6.67. The predicted octanol–water partition coefficient (Wildman–Crippen LogP) is 0.916. The number of hydrazine groups is 1. The van der Waals surface area contributed by atoms with Crippen molar-refractivity contribution >= 4 is 17.6 Å². The standard InChI is InChI=1S/C25H29F3N8O3/c26-25(27,28)23-19(15-32-34-24(23)38)33-20(18-3-6-30-7-4-18)16-39-12-5-22(37)36-10-8-35(9-11-36)21-2-1-17(13-29)14-31-21/h1-4,6-7,14,19-20,23,32-33H,5,8-12,15-16H2,(H,34,38)/t19?,20-,23?/m1/s1. The van der Waals surface area contributed by atoms with Gasteiger partial charge in [0.15, 0.2) is 5.92 Å². The number of aromatic nitrogens is 2. The lowest BCUT2D eigenvalue weighted by atomic mass is 9.95. The minimum Gasteiger partial charge on any atom is -0.379 e. The zero-order chi connectivity index (χ0) is 27.8. The van der Waals surface area contributed by atoms with E-state index in [9.17, 15) is 22.8 Å². The Kier molecular flexibility index (Phi) is 9.28. The average Bonchev–Trinajstić information content (AvgIpc) is 2.94. The van der Waals surface area contributed by atoms with Crippen molar-refractivity contribution in [3.63, 3.8) is 0 Å². The molecule has 0 spiro atoms. The average molecular weight is 547 g/mol. The number of ether oxygens (including phenoxy) is 1. The van der Waals surface area contributed by atoms with Gasteiger partial charge in [0.25, 0.3) is 0 Å². The summed E-state index contributed by atoms with van der Waals surface area (Å²) in [4.78, 5) is 36.7. The first-order chi connectivity index (χ1) is 18.8. The number of anilines is 1. The Morgan fingerprint density at radius 3 is 2.59 bits per heavy atom. The molecule has 2 aliphatic heterocycles. The van der Waals surface area contributed by atoms with Crippen molar-refractivity contribution in [2.24, 2.45) is 5.92 Å². The minimum absolute atomic E-state index is 0.00186. The monoisotopic (exact) mass is 546 g/mol. The highest BCUT2D eigenvalue weighted by Gasteiger charge is 2.51. The van der Waals surface area contributed by atoms with Crippen LogP contribution in [0.25, 0.3) is 0 Å². The van der Waals surface area contributed by atoms with Crippen molar-refractivity contribution in [3.8, 4) is 6.07 Å². The zero-order valence-corrected chi connectivity index (χ0v) is 21.0. The molecule has 2 aromatic heterocycles. The van der Waals surface area contributed by atoms with Gasteiger partial charge in [-0.15, -0.1) is 0 Å². The maximum Gasteiger partial charge on any atom is 0.402 e. The zero-order valence-electron chi connectivity index (χ0n) is 21.0. The topological polar surface area (TPSA) is 136 Å². The Morgan fingerprint density at radius 2 is 1.95 bits per heavy atom. The van der Waals surface area contributed by atoms with Gasteiger partial charge in [0.1, 0.15) is 11.9 Å². The number of pyridine rings is 2. The second-order valence-electron chi connectivity index (χ2n) is 9.21. The van der Waals surface area contributed by atoms with Gasteiger partial charge >= 0.3 is 6.18 Å². The van der Waals surface area contributed by atoms with Crippen LogP contribution in [0.2, 0.25) is 0 Å². The minimum atomic E-state index is -4.72. The number of alkyl halides is 3. The largest absolute Gasteiger partial charge is 0.402 e. The van der Waals surface area contributed by atoms with Crippen LogP contribution in [0, 0.1) is 17.2 Å². The van der Waals surface area contributed by atoms with Crippen LogP contribution in [0.15, 0.2) is 42.9 Å². The van der Waals surface area contributed by atoms with E-state index in [1.165, 1.54) is 18.6 Å². The second-order valence-corrected chi connectivity index (χ2v) is 9.21. The van der Waals surface area contributed by atoms with E-state index in [1.54, 1.807) is 29.2 Å². The molecule has 4 heterocycles. The molecular formula is C25H29F3N8O3. The summed E-state index contributed by atoms with van der Waals surface area (Å²) in [6.07, 6.45) is -0.0424. The fourth-order valence-corrected chi connectivity index (χ4v) is 4.60. The molecule has 0 aromatic carbocycles. The Morgan fingerprint density at radius 1 is 1.21 bits per heavy atom. The highest BCUT2D eigenvalue weighted by Crippen LogP contribution is 2.31. The summed E-state index contributed by atoms with van der Waals surface area (Å²) >= 11 is 0. The van der Waals surface area contributed by atoms with Gasteiger partial charge < -0.3 is 19.9 Å². The van der Waals surface area contributed by atoms with Crippen molar-refractivity contribution in [2.45, 2.75) is 24.7 Å². The molecule has 2 aromatic rings. The van der Waals surface area contributed by atoms with E-state index >= 15 is 0 Å². The van der Waals surface area contributed by atoms with Crippen LogP contribution in [0.4, 0.5) is 19.0 Å². The van der Waals surface area contributed by atoms with Crippen LogP contribution in [0.1, 0.15) is 23.6 Å². The Balaban J connectivity index is 1.27. The highest BCUT2D eigenvalue weighted by atomic mass is 19.4. The van der Waals surface area contributed by atoms with Gasteiger partial charge in [0, 0.05) is 57.4 Å². The molecule has 11 nitrogen and oxygen atoms in total. The fourth-order valence-electron chi connectivity index (χ4n) is 4.60. The Hall–Kier alpha value is -3.80. The van der Waals surface area contributed by atoms with Crippen molar-refractivity contribution in [3.05, 3.63) is 54.0 Å². The maximum absolute atomic E-state index is 13.6. The molecule has 0 aliphatic carbocycles. The number of rotatable bonds is 9. The lowest BCUT2D eigenvalue weighted by Gasteiger charge is -2.36. The number of carbonyl (C=O) groups is 2. The Bertz CT molecular complexity index is 1150. The van der Waals surface area contributed by atoms with E-state index in [1.807, 2.05) is 16.4 Å². The molecule has 2 fully saturated rings. The number of hydrogen-bond donors (Lipinski definition) is 3. The van der Waals surface area contributed by atoms with Crippen molar-refractivity contribution < 1.29 is 27.5 Å². The first-order valence-electron chi connectivity index (χ1n) is 12.5. The second kappa shape index (κ2) is 12.8. The molecule has 2 amide bonds. The van der Waals surface area contributed by atoms with E-state index in [0.29, 0.717) is 37.3 Å². The number of nitrogens with zero attached hydrogens (tertiary/aromatic N) is 5. The molecule has 2 aliphatic rings.